The second-order valence-electron chi connectivity index (χ2n) is 10.8. The van der Waals surface area contributed by atoms with E-state index in [1.807, 2.05) is 0 Å². The van der Waals surface area contributed by atoms with Crippen LogP contribution in [0, 0.1) is 82.9 Å². The van der Waals surface area contributed by atoms with Gasteiger partial charge in [-0.05, 0) is 74.0 Å². The van der Waals surface area contributed by atoms with Crippen LogP contribution in [0.4, 0.5) is 0 Å². The van der Waals surface area contributed by atoms with Gasteiger partial charge in [-0.25, -0.2) is 0 Å². The number of hydrogen-bond acceptors (Lipinski definition) is 6. The monoisotopic (exact) mass is 412 g/mol. The zero-order valence-electron chi connectivity index (χ0n) is 17.4. The van der Waals surface area contributed by atoms with Crippen LogP contribution in [0.15, 0.2) is 0 Å². The van der Waals surface area contributed by atoms with Crippen LogP contribution >= 0.6 is 0 Å². The van der Waals surface area contributed by atoms with Gasteiger partial charge in [-0.3, -0.25) is 19.2 Å². The van der Waals surface area contributed by atoms with Gasteiger partial charge < -0.3 is 9.47 Å². The van der Waals surface area contributed by atoms with Crippen molar-refractivity contribution in [2.24, 2.45) is 82.9 Å². The van der Waals surface area contributed by atoms with Crippen LogP contribution < -0.4 is 0 Å². The van der Waals surface area contributed by atoms with Crippen molar-refractivity contribution in [3.05, 3.63) is 0 Å². The summed E-state index contributed by atoms with van der Waals surface area (Å²) >= 11 is 0. The molecule has 0 radical (unpaired) electrons. The number of ketones is 2. The standard InChI is InChI=1S/C24H28O6/c1-3-29-23(27)20(24(28)30-4-2)17-18-15-13-10(21(18)25)7-5-6-8-9(7)12(13)14-11(8)22(26)19(17)16(14)15/h7-20H,3-6H2,1-2H3/t7-,8+,9?,10-,11+,12?,13-,14-,15-,16-,17?,18+,19+/m0/s1. The molecule has 0 N–H and O–H groups in total. The van der Waals surface area contributed by atoms with Gasteiger partial charge >= 0.3 is 11.9 Å². The van der Waals surface area contributed by atoms with Gasteiger partial charge in [0.2, 0.25) is 0 Å². The van der Waals surface area contributed by atoms with Gasteiger partial charge in [0.15, 0.2) is 5.92 Å². The van der Waals surface area contributed by atoms with Gasteiger partial charge in [0.05, 0.1) is 13.2 Å². The average Bonchev–Trinajstić information content (AvgIpc) is 3.47. The lowest BCUT2D eigenvalue weighted by molar-refractivity contribution is -0.166. The largest absolute Gasteiger partial charge is 0.465 e. The van der Waals surface area contributed by atoms with Crippen LogP contribution in [0.1, 0.15) is 26.7 Å². The third-order valence-corrected chi connectivity index (χ3v) is 10.7. The fraction of sp³-hybridized carbons (Fsp3) is 0.833. The Morgan fingerprint density at radius 2 is 1.17 bits per heavy atom. The molecule has 6 heteroatoms. The lowest BCUT2D eigenvalue weighted by Gasteiger charge is -2.31. The predicted octanol–water partition coefficient (Wildman–Crippen LogP) is 1.75. The van der Waals surface area contributed by atoms with Crippen LogP contribution in [-0.2, 0) is 28.7 Å². The molecule has 13 atom stereocenters. The van der Waals surface area contributed by atoms with Crippen LogP contribution in [-0.4, -0.2) is 36.7 Å². The SMILES string of the molecule is CCOC(=O)C(C(=O)OCC)C1[C@@H]2C(=O)[C@@H]3[C@H]4C5C6[C@@H](CC[C@@H]63)[C@H]3C(=O)[C@@H]1[C@@H]([C@H]53)[C@H]42. The topological polar surface area (TPSA) is 86.7 Å². The smallest absolute Gasteiger partial charge is 0.320 e. The van der Waals surface area contributed by atoms with E-state index < -0.39 is 23.8 Å². The van der Waals surface area contributed by atoms with E-state index in [4.69, 9.17) is 9.47 Å². The van der Waals surface area contributed by atoms with Gasteiger partial charge in [0.1, 0.15) is 11.6 Å². The molecule has 0 heterocycles. The third kappa shape index (κ3) is 1.64. The van der Waals surface area contributed by atoms with Gasteiger partial charge in [0.25, 0.3) is 0 Å². The van der Waals surface area contributed by atoms with E-state index in [-0.39, 0.29) is 60.3 Å². The average molecular weight is 412 g/mol. The van der Waals surface area contributed by atoms with Crippen molar-refractivity contribution in [2.75, 3.05) is 13.2 Å². The molecule has 0 aliphatic heterocycles. The molecule has 30 heavy (non-hydrogen) atoms. The second-order valence-corrected chi connectivity index (χ2v) is 10.8. The molecular weight excluding hydrogens is 384 g/mol. The highest BCUT2D eigenvalue weighted by atomic mass is 16.6. The van der Waals surface area contributed by atoms with Crippen LogP contribution in [0.25, 0.3) is 0 Å². The highest BCUT2D eigenvalue weighted by Crippen LogP contribution is 2.84. The summed E-state index contributed by atoms with van der Waals surface area (Å²) in [5.41, 5.74) is 0. The summed E-state index contributed by atoms with van der Waals surface area (Å²) in [5.74, 6) is 0.262. The van der Waals surface area contributed by atoms with Crippen LogP contribution in [0.3, 0.4) is 0 Å². The maximum atomic E-state index is 13.8. The highest BCUT2D eigenvalue weighted by molar-refractivity contribution is 6.01. The molecule has 7 aliphatic rings. The summed E-state index contributed by atoms with van der Waals surface area (Å²) in [6.07, 6.45) is 2.15. The summed E-state index contributed by atoms with van der Waals surface area (Å²) < 4.78 is 10.6. The molecule has 0 saturated heterocycles. The fourth-order valence-corrected chi connectivity index (χ4v) is 10.8. The summed E-state index contributed by atoms with van der Waals surface area (Å²) in [6.45, 7) is 3.75. The molecule has 0 aromatic heterocycles. The molecule has 0 spiro atoms. The summed E-state index contributed by atoms with van der Waals surface area (Å²) in [7, 11) is 0. The Kier molecular flexibility index (Phi) is 3.31. The zero-order valence-corrected chi connectivity index (χ0v) is 17.4. The number of Topliss-reactive ketones (excluding diaryl/α,β-unsaturated/α-hetero) is 2. The fourth-order valence-electron chi connectivity index (χ4n) is 10.8. The van der Waals surface area contributed by atoms with Gasteiger partial charge in [-0.2, -0.15) is 0 Å². The summed E-state index contributed by atoms with van der Waals surface area (Å²) in [5, 5.41) is 0. The first-order valence-electron chi connectivity index (χ1n) is 11.9. The molecule has 7 rings (SSSR count). The minimum atomic E-state index is -1.15. The molecule has 0 amide bonds. The zero-order chi connectivity index (χ0) is 20.6. The number of hydrogen-bond donors (Lipinski definition) is 0. The second kappa shape index (κ2) is 5.55. The number of rotatable bonds is 5. The maximum Gasteiger partial charge on any atom is 0.320 e. The number of ether oxygens (including phenoxy) is 2. The van der Waals surface area contributed by atoms with Crippen molar-refractivity contribution in [1.29, 1.82) is 0 Å². The Balaban J connectivity index is 1.39. The van der Waals surface area contributed by atoms with E-state index in [1.54, 1.807) is 13.8 Å². The Labute approximate surface area is 175 Å². The number of carbonyl (C=O) groups excluding carboxylic acids is 4. The molecule has 7 saturated carbocycles. The van der Waals surface area contributed by atoms with E-state index in [1.165, 1.54) is 0 Å². The molecule has 0 aromatic carbocycles. The number of carbonyl (C=O) groups is 4. The first-order chi connectivity index (χ1) is 14.5. The van der Waals surface area contributed by atoms with Crippen LogP contribution in [0.2, 0.25) is 0 Å². The quantitative estimate of drug-likeness (QED) is 0.505. The van der Waals surface area contributed by atoms with Gasteiger partial charge in [0, 0.05) is 29.6 Å². The first kappa shape index (κ1) is 17.9. The van der Waals surface area contributed by atoms with Crippen LogP contribution in [0.5, 0.6) is 0 Å². The van der Waals surface area contributed by atoms with Gasteiger partial charge in [-0.1, -0.05) is 0 Å². The normalized spacial score (nSPS) is 54.7. The Morgan fingerprint density at radius 1 is 0.733 bits per heavy atom. The molecule has 0 aromatic rings. The first-order valence-corrected chi connectivity index (χ1v) is 11.9. The lowest BCUT2D eigenvalue weighted by atomic mass is 9.71. The molecular formula is C24H28O6. The molecule has 160 valence electrons. The van der Waals surface area contributed by atoms with Gasteiger partial charge in [-0.15, -0.1) is 0 Å². The van der Waals surface area contributed by atoms with Crippen molar-refractivity contribution in [3.63, 3.8) is 0 Å². The maximum absolute atomic E-state index is 13.8. The summed E-state index contributed by atoms with van der Waals surface area (Å²) in [6, 6.07) is 0. The minimum Gasteiger partial charge on any atom is -0.465 e. The third-order valence-electron chi connectivity index (χ3n) is 10.7. The van der Waals surface area contributed by atoms with Crippen molar-refractivity contribution in [3.8, 4) is 0 Å². The van der Waals surface area contributed by atoms with Crippen molar-refractivity contribution < 1.29 is 28.7 Å². The van der Waals surface area contributed by atoms with E-state index in [2.05, 4.69) is 0 Å². The molecule has 7 fully saturated rings. The number of esters is 2. The summed E-state index contributed by atoms with van der Waals surface area (Å²) in [4.78, 5) is 53.6. The molecule has 6 nitrogen and oxygen atoms in total. The minimum absolute atomic E-state index is 0.107. The van der Waals surface area contributed by atoms with E-state index >= 15 is 0 Å². The number of fused-ring (bicyclic) bond motifs is 2. The molecule has 7 aliphatic carbocycles. The molecule has 3 unspecified atom stereocenters. The highest BCUT2D eigenvalue weighted by Gasteiger charge is 2.86. The van der Waals surface area contributed by atoms with Crippen molar-refractivity contribution in [1.82, 2.24) is 0 Å². The van der Waals surface area contributed by atoms with Crippen molar-refractivity contribution in [2.45, 2.75) is 26.7 Å². The van der Waals surface area contributed by atoms with E-state index in [0.29, 0.717) is 35.5 Å². The Hall–Kier alpha value is -1.72. The van der Waals surface area contributed by atoms with E-state index in [0.717, 1.165) is 12.8 Å². The lowest BCUT2D eigenvalue weighted by Crippen LogP contribution is -2.44. The Bertz CT molecular complexity index is 826. The molecule has 0 bridgehead atoms. The van der Waals surface area contributed by atoms with E-state index in [9.17, 15) is 19.2 Å². The Morgan fingerprint density at radius 3 is 1.60 bits per heavy atom. The van der Waals surface area contributed by atoms with Crippen molar-refractivity contribution >= 4 is 23.5 Å². The predicted molar refractivity (Wildman–Crippen MR) is 101 cm³/mol.